The summed E-state index contributed by atoms with van der Waals surface area (Å²) in [6, 6.07) is 15.1. The van der Waals surface area contributed by atoms with Crippen LogP contribution in [0.15, 0.2) is 71.6 Å². The summed E-state index contributed by atoms with van der Waals surface area (Å²) >= 11 is 0. The number of hydrogen-bond acceptors (Lipinski definition) is 6. The van der Waals surface area contributed by atoms with E-state index in [1.807, 2.05) is 0 Å². The van der Waals surface area contributed by atoms with Gasteiger partial charge >= 0.3 is 18.3 Å². The van der Waals surface area contributed by atoms with Crippen LogP contribution in [0.5, 0.6) is 5.75 Å². The first-order chi connectivity index (χ1) is 18.5. The van der Waals surface area contributed by atoms with Gasteiger partial charge in [-0.1, -0.05) is 42.5 Å². The van der Waals surface area contributed by atoms with Gasteiger partial charge < -0.3 is 14.9 Å². The molecule has 7 nitrogen and oxygen atoms in total. The molecule has 0 atom stereocenters. The minimum Gasteiger partial charge on any atom is -0.508 e. The zero-order valence-electron chi connectivity index (χ0n) is 19.9. The van der Waals surface area contributed by atoms with E-state index in [-0.39, 0.29) is 27.0 Å². The van der Waals surface area contributed by atoms with Gasteiger partial charge in [-0.3, -0.25) is 4.55 Å². The molecule has 0 unspecified atom stereocenters. The molecule has 0 saturated carbocycles. The molecule has 0 spiro atoms. The van der Waals surface area contributed by atoms with Gasteiger partial charge in [0.05, 0.1) is 12.2 Å². The van der Waals surface area contributed by atoms with Crippen molar-refractivity contribution in [2.75, 3.05) is 6.61 Å². The molecular weight excluding hydrogens is 570 g/mol. The lowest BCUT2D eigenvalue weighted by Crippen LogP contribution is -2.57. The first kappa shape index (κ1) is 29.1. The van der Waals surface area contributed by atoms with Crippen molar-refractivity contribution in [2.45, 2.75) is 29.3 Å². The monoisotopic (exact) mass is 588 g/mol. The maximum Gasteiger partial charge on any atom is 0.426 e. The first-order valence-electron chi connectivity index (χ1n) is 11.2. The predicted octanol–water partition coefficient (Wildman–Crippen LogP) is 6.01. The smallest absolute Gasteiger partial charge is 0.426 e. The van der Waals surface area contributed by atoms with E-state index in [0.29, 0.717) is 21.9 Å². The van der Waals surface area contributed by atoms with Gasteiger partial charge in [-0.15, -0.1) is 0 Å². The molecule has 0 amide bonds. The second-order valence-electron chi connectivity index (χ2n) is 8.76. The van der Waals surface area contributed by atoms with Crippen molar-refractivity contribution in [1.82, 2.24) is 0 Å². The molecule has 212 valence electrons. The molecule has 0 heterocycles. The molecule has 0 saturated heterocycles. The van der Waals surface area contributed by atoms with E-state index in [9.17, 15) is 54.3 Å². The highest BCUT2D eigenvalue weighted by atomic mass is 32.2. The highest BCUT2D eigenvalue weighted by molar-refractivity contribution is 7.86. The molecule has 0 fully saturated rings. The van der Waals surface area contributed by atoms with Crippen molar-refractivity contribution in [3.8, 4) is 16.9 Å². The van der Waals surface area contributed by atoms with Gasteiger partial charge in [-0.2, -0.15) is 34.8 Å². The maximum atomic E-state index is 12.9. The minimum absolute atomic E-state index is 0.0207. The first-order valence-corrected chi connectivity index (χ1v) is 12.7. The van der Waals surface area contributed by atoms with Crippen molar-refractivity contribution in [3.63, 3.8) is 0 Å². The third-order valence-electron chi connectivity index (χ3n) is 6.31. The summed E-state index contributed by atoms with van der Waals surface area (Å²) in [5, 5.41) is 20.2. The molecule has 0 aliphatic carbocycles. The number of halogens is 6. The largest absolute Gasteiger partial charge is 0.508 e. The number of aliphatic hydroxyl groups is 1. The topological polar surface area (TPSA) is 121 Å². The number of phenolic OH excluding ortho intramolecular Hbond substituents is 1. The lowest BCUT2D eigenvalue weighted by molar-refractivity contribution is -0.371. The molecule has 0 aliphatic heterocycles. The Morgan fingerprint density at radius 3 is 1.98 bits per heavy atom. The summed E-state index contributed by atoms with van der Waals surface area (Å²) in [5.41, 5.74) is -4.55. The van der Waals surface area contributed by atoms with Crippen LogP contribution in [-0.2, 0) is 14.9 Å². The average Bonchev–Trinajstić information content (AvgIpc) is 2.85. The zero-order chi connectivity index (χ0) is 29.7. The third-order valence-corrected chi connectivity index (χ3v) is 7.22. The Morgan fingerprint density at radius 1 is 0.775 bits per heavy atom. The van der Waals surface area contributed by atoms with Gasteiger partial charge in [0.2, 0.25) is 0 Å². The Morgan fingerprint density at radius 2 is 1.35 bits per heavy atom. The van der Waals surface area contributed by atoms with Crippen molar-refractivity contribution in [1.29, 1.82) is 0 Å². The number of ether oxygens (including phenoxy) is 1. The fraction of sp³-hybridized carbons (Fsp3) is 0.192. The van der Waals surface area contributed by atoms with E-state index in [1.54, 1.807) is 12.1 Å². The van der Waals surface area contributed by atoms with Crippen LogP contribution in [0.2, 0.25) is 0 Å². The zero-order valence-corrected chi connectivity index (χ0v) is 20.7. The fourth-order valence-electron chi connectivity index (χ4n) is 4.30. The molecule has 3 N–H and O–H groups in total. The van der Waals surface area contributed by atoms with Crippen LogP contribution in [0.3, 0.4) is 0 Å². The van der Waals surface area contributed by atoms with Crippen LogP contribution >= 0.6 is 0 Å². The van der Waals surface area contributed by atoms with Crippen LogP contribution in [0.25, 0.3) is 32.7 Å². The molecule has 4 rings (SSSR count). The predicted molar refractivity (Wildman–Crippen MR) is 130 cm³/mol. The molecule has 40 heavy (non-hydrogen) atoms. The van der Waals surface area contributed by atoms with Gasteiger partial charge in [0.15, 0.2) is 0 Å². The van der Waals surface area contributed by atoms with Gasteiger partial charge in [0.25, 0.3) is 15.7 Å². The Hall–Kier alpha value is -3.88. The van der Waals surface area contributed by atoms with E-state index < -0.39 is 47.1 Å². The molecule has 14 heteroatoms. The Kier molecular flexibility index (Phi) is 7.24. The summed E-state index contributed by atoms with van der Waals surface area (Å²) in [6.45, 7) is -1.43. The maximum absolute atomic E-state index is 12.9. The number of fused-ring (bicyclic) bond motifs is 2. The van der Waals surface area contributed by atoms with Crippen LogP contribution in [0, 0.1) is 0 Å². The van der Waals surface area contributed by atoms with Crippen molar-refractivity contribution in [3.05, 3.63) is 72.3 Å². The molecule has 0 aliphatic rings. The summed E-state index contributed by atoms with van der Waals surface area (Å²) in [6.07, 6.45) is -14.2. The second kappa shape index (κ2) is 9.94. The quantitative estimate of drug-likeness (QED) is 0.143. The van der Waals surface area contributed by atoms with Gasteiger partial charge in [-0.25, -0.2) is 4.79 Å². The number of aromatic hydroxyl groups is 1. The highest BCUT2D eigenvalue weighted by Gasteiger charge is 2.70. The SMILES string of the molecule is O=C(OCCC(O)(C(F)(F)F)C(F)(F)F)c1ccc(-c2cccc3c(S(=O)(=O)O)cccc23)c2ccc(O)cc12. The number of carbonyl (C=O) groups excluding carboxylic acids is 1. The summed E-state index contributed by atoms with van der Waals surface area (Å²) in [5.74, 6) is -1.64. The van der Waals surface area contributed by atoms with Crippen molar-refractivity contribution in [2.24, 2.45) is 0 Å². The van der Waals surface area contributed by atoms with Crippen LogP contribution < -0.4 is 0 Å². The molecule has 4 aromatic rings. The molecule has 0 radical (unpaired) electrons. The number of rotatable bonds is 6. The van der Waals surface area contributed by atoms with Crippen LogP contribution in [-0.4, -0.2) is 53.7 Å². The number of carbonyl (C=O) groups is 1. The van der Waals surface area contributed by atoms with Crippen molar-refractivity contribution >= 4 is 37.6 Å². The van der Waals surface area contributed by atoms with Gasteiger partial charge in [0.1, 0.15) is 10.6 Å². The van der Waals surface area contributed by atoms with E-state index in [4.69, 9.17) is 0 Å². The molecule has 0 bridgehead atoms. The summed E-state index contributed by atoms with van der Waals surface area (Å²) in [7, 11) is -4.59. The van der Waals surface area contributed by atoms with E-state index in [1.165, 1.54) is 48.5 Å². The molecule has 4 aromatic carbocycles. The number of phenols is 1. The number of benzene rings is 4. The Labute approximate surface area is 222 Å². The van der Waals surface area contributed by atoms with E-state index >= 15 is 0 Å². The summed E-state index contributed by atoms with van der Waals surface area (Å²) < 4.78 is 116. The molecule has 0 aromatic heterocycles. The average molecular weight is 588 g/mol. The number of hydrogen-bond donors (Lipinski definition) is 3. The lowest BCUT2D eigenvalue weighted by Gasteiger charge is -2.32. The summed E-state index contributed by atoms with van der Waals surface area (Å²) in [4.78, 5) is 12.4. The standard InChI is InChI=1S/C26H18F6O7S/c27-25(28,29)24(35,26(30,31)32)11-12-39-23(34)20-10-9-17(18-8-7-14(33)13-21(18)20)15-3-1-5-19-16(15)4-2-6-22(19)40(36,37)38/h1-10,13,33,35H,11-12H2,(H,36,37,38). The Balaban J connectivity index is 1.76. The van der Waals surface area contributed by atoms with E-state index in [0.717, 1.165) is 6.07 Å². The lowest BCUT2D eigenvalue weighted by atomic mass is 9.92. The van der Waals surface area contributed by atoms with Crippen LogP contribution in [0.1, 0.15) is 16.8 Å². The van der Waals surface area contributed by atoms with Gasteiger partial charge in [-0.05, 0) is 46.2 Å². The van der Waals surface area contributed by atoms with Gasteiger partial charge in [0, 0.05) is 17.2 Å². The fourth-order valence-corrected chi connectivity index (χ4v) is 5.01. The normalized spacial score (nSPS) is 13.1. The third kappa shape index (κ3) is 5.17. The minimum atomic E-state index is -6.08. The van der Waals surface area contributed by atoms with Crippen LogP contribution in [0.4, 0.5) is 26.3 Å². The molecular formula is C26H18F6O7S. The number of esters is 1. The highest BCUT2D eigenvalue weighted by Crippen LogP contribution is 2.45. The second-order valence-corrected chi connectivity index (χ2v) is 10.2. The number of alkyl halides is 6. The Bertz CT molecular complexity index is 1720. The van der Waals surface area contributed by atoms with Crippen molar-refractivity contribution < 1.29 is 59.1 Å². The van der Waals surface area contributed by atoms with E-state index in [2.05, 4.69) is 4.74 Å².